The smallest absolute Gasteiger partial charge is 0.114 e. The Morgan fingerprint density at radius 2 is 2.05 bits per heavy atom. The number of hydrogen-bond acceptors (Lipinski definition) is 1. The lowest BCUT2D eigenvalue weighted by Crippen LogP contribution is -2.13. The summed E-state index contributed by atoms with van der Waals surface area (Å²) in [6.45, 7) is 4.40. The van der Waals surface area contributed by atoms with Gasteiger partial charge < -0.3 is 4.98 Å². The molecule has 102 valence electrons. The number of nitrogens with zero attached hydrogens (tertiary/aromatic N) is 1. The van der Waals surface area contributed by atoms with Gasteiger partial charge in [-0.3, -0.25) is 0 Å². The molecule has 2 aromatic rings. The molecule has 0 radical (unpaired) electrons. The largest absolute Gasteiger partial charge is 0.344 e. The zero-order valence-electron chi connectivity index (χ0n) is 11.2. The number of imidazole rings is 1. The first kappa shape index (κ1) is 14.4. The van der Waals surface area contributed by atoms with Crippen molar-refractivity contribution in [2.75, 3.05) is 0 Å². The van der Waals surface area contributed by atoms with Gasteiger partial charge in [0.05, 0.1) is 5.88 Å². The number of H-pyrrole nitrogens is 1. The number of rotatable bonds is 5. The van der Waals surface area contributed by atoms with Crippen LogP contribution in [0.2, 0.25) is 5.02 Å². The molecule has 0 saturated heterocycles. The van der Waals surface area contributed by atoms with Crippen LogP contribution < -0.4 is 0 Å². The summed E-state index contributed by atoms with van der Waals surface area (Å²) in [5, 5.41) is 0.789. The Labute approximate surface area is 124 Å². The van der Waals surface area contributed by atoms with Crippen LogP contribution >= 0.6 is 23.2 Å². The molecule has 2 rings (SSSR count). The van der Waals surface area contributed by atoms with E-state index in [4.69, 9.17) is 23.2 Å². The number of aromatic nitrogens is 2. The van der Waals surface area contributed by atoms with Crippen molar-refractivity contribution < 1.29 is 0 Å². The molecule has 1 aromatic heterocycles. The average molecular weight is 297 g/mol. The van der Waals surface area contributed by atoms with Gasteiger partial charge in [0.15, 0.2) is 0 Å². The van der Waals surface area contributed by atoms with E-state index in [2.05, 4.69) is 29.9 Å². The highest BCUT2D eigenvalue weighted by Crippen LogP contribution is 2.35. The summed E-state index contributed by atoms with van der Waals surface area (Å²) in [6.07, 6.45) is 2.86. The predicted octanol–water partition coefficient (Wildman–Crippen LogP) is 4.98. The quantitative estimate of drug-likeness (QED) is 0.775. The van der Waals surface area contributed by atoms with Gasteiger partial charge in [0, 0.05) is 22.8 Å². The van der Waals surface area contributed by atoms with Crippen molar-refractivity contribution in [3.63, 3.8) is 0 Å². The zero-order valence-corrected chi connectivity index (χ0v) is 12.7. The lowest BCUT2D eigenvalue weighted by Gasteiger charge is -2.22. The van der Waals surface area contributed by atoms with E-state index in [0.717, 1.165) is 28.5 Å². The third kappa shape index (κ3) is 3.13. The summed E-state index contributed by atoms with van der Waals surface area (Å²) in [7, 11) is 0. The maximum atomic E-state index is 6.34. The van der Waals surface area contributed by atoms with Crippen molar-refractivity contribution in [2.45, 2.75) is 32.1 Å². The van der Waals surface area contributed by atoms with E-state index in [1.54, 1.807) is 6.20 Å². The summed E-state index contributed by atoms with van der Waals surface area (Å²) >= 11 is 12.2. The van der Waals surface area contributed by atoms with Gasteiger partial charge in [-0.1, -0.05) is 50.1 Å². The molecule has 4 heteroatoms. The number of alkyl halides is 1. The Morgan fingerprint density at radius 3 is 2.63 bits per heavy atom. The maximum absolute atomic E-state index is 6.34. The van der Waals surface area contributed by atoms with Crippen molar-refractivity contribution in [1.29, 1.82) is 0 Å². The van der Waals surface area contributed by atoms with Gasteiger partial charge >= 0.3 is 0 Å². The molecule has 0 amide bonds. The SMILES string of the molecule is CCC(C)C(c1ncc(CCl)[nH]1)c1ccccc1Cl. The topological polar surface area (TPSA) is 28.7 Å². The van der Waals surface area contributed by atoms with Crippen molar-refractivity contribution >= 4 is 23.2 Å². The Bertz CT molecular complexity index is 536. The normalized spacial score (nSPS) is 14.3. The maximum Gasteiger partial charge on any atom is 0.114 e. The minimum absolute atomic E-state index is 0.177. The Morgan fingerprint density at radius 1 is 1.32 bits per heavy atom. The molecular weight excluding hydrogens is 279 g/mol. The lowest BCUT2D eigenvalue weighted by molar-refractivity contribution is 0.481. The highest BCUT2D eigenvalue weighted by atomic mass is 35.5. The Hall–Kier alpha value is -0.990. The molecule has 0 aliphatic carbocycles. The lowest BCUT2D eigenvalue weighted by atomic mass is 9.85. The first-order chi connectivity index (χ1) is 9.17. The van der Waals surface area contributed by atoms with Crippen molar-refractivity contribution in [2.24, 2.45) is 5.92 Å². The van der Waals surface area contributed by atoms with E-state index in [1.165, 1.54) is 0 Å². The van der Waals surface area contributed by atoms with E-state index in [0.29, 0.717) is 11.8 Å². The van der Waals surface area contributed by atoms with Crippen LogP contribution in [0.3, 0.4) is 0 Å². The minimum Gasteiger partial charge on any atom is -0.344 e. The molecule has 19 heavy (non-hydrogen) atoms. The summed E-state index contributed by atoms with van der Waals surface area (Å²) in [6, 6.07) is 7.97. The fourth-order valence-electron chi connectivity index (χ4n) is 2.29. The third-order valence-electron chi connectivity index (χ3n) is 3.54. The standard InChI is InChI=1S/C15H18Cl2N2/c1-3-10(2)14(12-6-4-5-7-13(12)17)15-18-9-11(8-16)19-15/h4-7,9-10,14H,3,8H2,1-2H3,(H,18,19). The van der Waals surface area contributed by atoms with Crippen molar-refractivity contribution in [1.82, 2.24) is 9.97 Å². The van der Waals surface area contributed by atoms with E-state index in [1.807, 2.05) is 18.2 Å². The van der Waals surface area contributed by atoms with Crippen LogP contribution in [-0.4, -0.2) is 9.97 Å². The molecule has 0 saturated carbocycles. The molecule has 0 spiro atoms. The van der Waals surface area contributed by atoms with Crippen LogP contribution in [0, 0.1) is 5.92 Å². The number of aromatic amines is 1. The Kier molecular flexibility index (Phi) is 4.89. The van der Waals surface area contributed by atoms with Gasteiger partial charge in [-0.25, -0.2) is 4.98 Å². The second-order valence-electron chi connectivity index (χ2n) is 4.81. The highest BCUT2D eigenvalue weighted by molar-refractivity contribution is 6.31. The third-order valence-corrected chi connectivity index (χ3v) is 4.17. The highest BCUT2D eigenvalue weighted by Gasteiger charge is 2.24. The zero-order chi connectivity index (χ0) is 13.8. The van der Waals surface area contributed by atoms with Crippen LogP contribution in [0.25, 0.3) is 0 Å². The Balaban J connectivity index is 2.44. The fraction of sp³-hybridized carbons (Fsp3) is 0.400. The molecule has 0 bridgehead atoms. The van der Waals surface area contributed by atoms with Crippen LogP contribution in [0.4, 0.5) is 0 Å². The van der Waals surface area contributed by atoms with Crippen molar-refractivity contribution in [3.05, 3.63) is 52.6 Å². The first-order valence-electron chi connectivity index (χ1n) is 6.51. The fourth-order valence-corrected chi connectivity index (χ4v) is 2.68. The van der Waals surface area contributed by atoms with Gasteiger partial charge in [-0.2, -0.15) is 0 Å². The molecule has 0 aliphatic heterocycles. The van der Waals surface area contributed by atoms with Gasteiger partial charge in [0.1, 0.15) is 5.82 Å². The second-order valence-corrected chi connectivity index (χ2v) is 5.49. The summed E-state index contributed by atoms with van der Waals surface area (Å²) in [5.41, 5.74) is 2.06. The van der Waals surface area contributed by atoms with Crippen LogP contribution in [0.15, 0.2) is 30.5 Å². The molecule has 1 heterocycles. The number of halogens is 2. The van der Waals surface area contributed by atoms with E-state index in [9.17, 15) is 0 Å². The molecule has 2 nitrogen and oxygen atoms in total. The van der Waals surface area contributed by atoms with Crippen LogP contribution in [0.1, 0.15) is 43.3 Å². The first-order valence-corrected chi connectivity index (χ1v) is 7.42. The van der Waals surface area contributed by atoms with Gasteiger partial charge in [-0.15, -0.1) is 11.6 Å². The van der Waals surface area contributed by atoms with Gasteiger partial charge in [0.2, 0.25) is 0 Å². The number of nitrogens with one attached hydrogen (secondary N) is 1. The van der Waals surface area contributed by atoms with E-state index < -0.39 is 0 Å². The summed E-state index contributed by atoms with van der Waals surface area (Å²) in [5.74, 6) is 2.02. The molecule has 1 aromatic carbocycles. The monoisotopic (exact) mass is 296 g/mol. The van der Waals surface area contributed by atoms with E-state index in [-0.39, 0.29) is 5.92 Å². The van der Waals surface area contributed by atoms with Crippen LogP contribution in [0.5, 0.6) is 0 Å². The predicted molar refractivity (Wildman–Crippen MR) is 80.9 cm³/mol. The molecular formula is C15H18Cl2N2. The van der Waals surface area contributed by atoms with E-state index >= 15 is 0 Å². The second kappa shape index (κ2) is 6.44. The minimum atomic E-state index is 0.177. The molecule has 0 fully saturated rings. The van der Waals surface area contributed by atoms with Gasteiger partial charge in [0.25, 0.3) is 0 Å². The molecule has 2 atom stereocenters. The average Bonchev–Trinajstić information content (AvgIpc) is 2.89. The molecule has 0 aliphatic rings. The number of hydrogen-bond donors (Lipinski definition) is 1. The molecule has 2 unspecified atom stereocenters. The van der Waals surface area contributed by atoms with Crippen molar-refractivity contribution in [3.8, 4) is 0 Å². The van der Waals surface area contributed by atoms with Gasteiger partial charge in [-0.05, 0) is 17.5 Å². The summed E-state index contributed by atoms with van der Waals surface area (Å²) in [4.78, 5) is 7.78. The summed E-state index contributed by atoms with van der Waals surface area (Å²) < 4.78 is 0. The van der Waals surface area contributed by atoms with Crippen LogP contribution in [-0.2, 0) is 5.88 Å². The molecule has 1 N–H and O–H groups in total. The number of benzene rings is 1.